The lowest BCUT2D eigenvalue weighted by atomic mass is 9.96. The van der Waals surface area contributed by atoms with Crippen molar-refractivity contribution < 1.29 is 35.1 Å². The van der Waals surface area contributed by atoms with Crippen molar-refractivity contribution >= 4 is 18.5 Å². The van der Waals surface area contributed by atoms with Crippen LogP contribution in [0, 0.1) is 0 Å². The molecule has 10 heteroatoms. The van der Waals surface area contributed by atoms with Crippen molar-refractivity contribution in [3.63, 3.8) is 0 Å². The summed E-state index contributed by atoms with van der Waals surface area (Å²) in [5.74, 6) is -0.272. The highest BCUT2D eigenvalue weighted by Crippen LogP contribution is 2.20. The van der Waals surface area contributed by atoms with Crippen LogP contribution < -0.4 is 10.6 Å². The minimum atomic E-state index is -1.55. The summed E-state index contributed by atoms with van der Waals surface area (Å²) in [5, 5.41) is 53.2. The predicted octanol–water partition coefficient (Wildman–Crippen LogP) is -3.87. The fraction of sp³-hybridized carbons (Fsp3) is 0.909. The van der Waals surface area contributed by atoms with Crippen molar-refractivity contribution in [2.24, 2.45) is 0 Å². The number of thiol groups is 1. The number of carbonyl (C=O) groups is 1. The third kappa shape index (κ3) is 4.76. The number of ether oxygens (including phenoxy) is 1. The van der Waals surface area contributed by atoms with E-state index in [0.717, 1.165) is 0 Å². The Morgan fingerprint density at radius 3 is 2.43 bits per heavy atom. The van der Waals surface area contributed by atoms with Gasteiger partial charge in [0.1, 0.15) is 24.5 Å². The highest BCUT2D eigenvalue weighted by Gasteiger charge is 2.44. The maximum absolute atomic E-state index is 11.0. The van der Waals surface area contributed by atoms with E-state index >= 15 is 0 Å². The summed E-state index contributed by atoms with van der Waals surface area (Å²) in [6.45, 7) is 0.696. The summed E-state index contributed by atoms with van der Waals surface area (Å²) < 4.78 is 4.94. The van der Waals surface area contributed by atoms with Crippen LogP contribution in [0.25, 0.3) is 0 Å². The average molecular weight is 326 g/mol. The maximum Gasteiger partial charge on any atom is 0.217 e. The molecule has 5 unspecified atom stereocenters. The molecule has 7 atom stereocenters. The molecule has 0 aromatic rings. The van der Waals surface area contributed by atoms with Gasteiger partial charge in [0.15, 0.2) is 6.29 Å². The van der Waals surface area contributed by atoms with E-state index < -0.39 is 49.5 Å². The molecule has 1 amide bonds. The van der Waals surface area contributed by atoms with Gasteiger partial charge in [0.05, 0.1) is 18.7 Å². The van der Waals surface area contributed by atoms with Gasteiger partial charge in [0.25, 0.3) is 0 Å². The van der Waals surface area contributed by atoms with Gasteiger partial charge in [-0.3, -0.25) is 10.1 Å². The summed E-state index contributed by atoms with van der Waals surface area (Å²) in [6, 6.07) is -1.97. The second-order valence-electron chi connectivity index (χ2n) is 4.86. The number of nitrogens with one attached hydrogen (secondary N) is 2. The zero-order valence-electron chi connectivity index (χ0n) is 11.5. The predicted molar refractivity (Wildman–Crippen MR) is 74.4 cm³/mol. The van der Waals surface area contributed by atoms with Crippen LogP contribution in [0.2, 0.25) is 0 Å². The van der Waals surface area contributed by atoms with Crippen LogP contribution in [-0.4, -0.2) is 86.7 Å². The minimum absolute atomic E-state index is 0.106. The minimum Gasteiger partial charge on any atom is -0.394 e. The largest absolute Gasteiger partial charge is 0.394 e. The Hall–Kier alpha value is -0.460. The molecule has 124 valence electrons. The van der Waals surface area contributed by atoms with E-state index in [1.165, 1.54) is 6.92 Å². The standard InChI is InChI=1S/C11H22N2O7S/c1-4(15)12-5(3-21)10(18)13-7-9(17)8(16)6(2-14)20-11(7)19/h5-11,13-14,16-19,21H,2-3H2,1H3,(H,12,15)/t5?,6?,7?,8-,9?,10?,11-/m1/s1. The van der Waals surface area contributed by atoms with Crippen molar-refractivity contribution in [3.05, 3.63) is 0 Å². The molecule has 0 aromatic carbocycles. The van der Waals surface area contributed by atoms with E-state index in [9.17, 15) is 25.2 Å². The zero-order chi connectivity index (χ0) is 16.2. The van der Waals surface area contributed by atoms with Gasteiger partial charge in [-0.1, -0.05) is 0 Å². The van der Waals surface area contributed by atoms with Gasteiger partial charge in [-0.05, 0) is 0 Å². The fourth-order valence-corrected chi connectivity index (χ4v) is 2.37. The first kappa shape index (κ1) is 18.6. The van der Waals surface area contributed by atoms with E-state index in [4.69, 9.17) is 9.84 Å². The topological polar surface area (TPSA) is 152 Å². The van der Waals surface area contributed by atoms with Gasteiger partial charge >= 0.3 is 0 Å². The van der Waals surface area contributed by atoms with Crippen molar-refractivity contribution in [1.29, 1.82) is 0 Å². The molecule has 1 aliphatic rings. The molecule has 1 heterocycles. The average Bonchev–Trinajstić information content (AvgIpc) is 2.44. The molecule has 1 rings (SSSR count). The molecular weight excluding hydrogens is 304 g/mol. The van der Waals surface area contributed by atoms with Crippen LogP contribution in [0.5, 0.6) is 0 Å². The van der Waals surface area contributed by atoms with Crippen molar-refractivity contribution in [1.82, 2.24) is 10.6 Å². The van der Waals surface area contributed by atoms with Crippen LogP contribution in [0.3, 0.4) is 0 Å². The molecule has 7 N–H and O–H groups in total. The number of aliphatic hydroxyl groups is 5. The molecule has 0 radical (unpaired) electrons. The first-order valence-electron chi connectivity index (χ1n) is 6.44. The molecule has 1 aliphatic heterocycles. The van der Waals surface area contributed by atoms with Gasteiger partial charge in [-0.15, -0.1) is 0 Å². The molecule has 0 aliphatic carbocycles. The Morgan fingerprint density at radius 2 is 1.95 bits per heavy atom. The summed E-state index contributed by atoms with van der Waals surface area (Å²) in [6.07, 6.45) is -6.91. The third-order valence-electron chi connectivity index (χ3n) is 3.23. The first-order valence-corrected chi connectivity index (χ1v) is 7.07. The lowest BCUT2D eigenvalue weighted by molar-refractivity contribution is -0.258. The number of hydrogen-bond acceptors (Lipinski definition) is 9. The van der Waals surface area contributed by atoms with Gasteiger partial charge in [-0.2, -0.15) is 12.6 Å². The van der Waals surface area contributed by atoms with Crippen molar-refractivity contribution in [3.8, 4) is 0 Å². The van der Waals surface area contributed by atoms with Crippen LogP contribution in [-0.2, 0) is 9.53 Å². The number of amides is 1. The summed E-state index contributed by atoms with van der Waals surface area (Å²) in [7, 11) is 0. The Balaban J connectivity index is 2.69. The number of hydrogen-bond donors (Lipinski definition) is 8. The molecule has 1 saturated heterocycles. The summed E-state index contributed by atoms with van der Waals surface area (Å²) in [5.41, 5.74) is 0. The number of rotatable bonds is 6. The van der Waals surface area contributed by atoms with Crippen molar-refractivity contribution in [2.45, 2.75) is 49.8 Å². The lowest BCUT2D eigenvalue weighted by Gasteiger charge is -2.42. The Morgan fingerprint density at radius 1 is 1.33 bits per heavy atom. The summed E-state index contributed by atoms with van der Waals surface area (Å²) in [4.78, 5) is 11.0. The van der Waals surface area contributed by atoms with Gasteiger partial charge in [-0.25, -0.2) is 0 Å². The molecule has 0 saturated carbocycles. The van der Waals surface area contributed by atoms with E-state index in [-0.39, 0.29) is 11.7 Å². The van der Waals surface area contributed by atoms with Crippen LogP contribution in [0.15, 0.2) is 0 Å². The van der Waals surface area contributed by atoms with E-state index in [1.54, 1.807) is 0 Å². The quantitative estimate of drug-likeness (QED) is 0.182. The number of carbonyl (C=O) groups excluding carboxylic acids is 1. The molecule has 9 nitrogen and oxygen atoms in total. The maximum atomic E-state index is 11.0. The van der Waals surface area contributed by atoms with E-state index in [2.05, 4.69) is 23.3 Å². The molecular formula is C11H22N2O7S. The van der Waals surface area contributed by atoms with Crippen LogP contribution >= 0.6 is 12.6 Å². The lowest BCUT2D eigenvalue weighted by Crippen LogP contribution is -2.66. The van der Waals surface area contributed by atoms with E-state index in [0.29, 0.717) is 0 Å². The normalized spacial score (nSPS) is 36.0. The SMILES string of the molecule is CC(=O)NC(CS)C(O)NC1C(O)[C@H](O)C(CO)O[C@H]1O. The molecule has 0 bridgehead atoms. The fourth-order valence-electron chi connectivity index (χ4n) is 2.08. The smallest absolute Gasteiger partial charge is 0.217 e. The van der Waals surface area contributed by atoms with E-state index in [1.807, 2.05) is 0 Å². The number of aliphatic hydroxyl groups excluding tert-OH is 5. The van der Waals surface area contributed by atoms with Crippen molar-refractivity contribution in [2.75, 3.05) is 12.4 Å². The third-order valence-corrected chi connectivity index (χ3v) is 3.62. The first-order chi connectivity index (χ1) is 9.81. The van der Waals surface area contributed by atoms with Gasteiger partial charge in [0, 0.05) is 12.7 Å². The second kappa shape index (κ2) is 8.25. The van der Waals surface area contributed by atoms with Gasteiger partial charge < -0.3 is 35.6 Å². The Bertz CT molecular complexity index is 349. The van der Waals surface area contributed by atoms with Gasteiger partial charge in [0.2, 0.25) is 5.91 Å². The molecule has 0 spiro atoms. The zero-order valence-corrected chi connectivity index (χ0v) is 12.3. The molecule has 1 fully saturated rings. The Kier molecular flexibility index (Phi) is 7.30. The molecule has 0 aromatic heterocycles. The summed E-state index contributed by atoms with van der Waals surface area (Å²) >= 11 is 3.99. The Labute approximate surface area is 127 Å². The highest BCUT2D eigenvalue weighted by molar-refractivity contribution is 7.80. The van der Waals surface area contributed by atoms with Crippen LogP contribution in [0.4, 0.5) is 0 Å². The molecule has 21 heavy (non-hydrogen) atoms. The second-order valence-corrected chi connectivity index (χ2v) is 5.22. The highest BCUT2D eigenvalue weighted by atomic mass is 32.1. The van der Waals surface area contributed by atoms with Crippen LogP contribution in [0.1, 0.15) is 6.92 Å². The monoisotopic (exact) mass is 326 g/mol.